The zero-order valence-electron chi connectivity index (χ0n) is 9.24. The van der Waals surface area contributed by atoms with Crippen LogP contribution in [0.3, 0.4) is 0 Å². The van der Waals surface area contributed by atoms with Gasteiger partial charge in [0.15, 0.2) is 0 Å². The highest BCUT2D eigenvalue weighted by atomic mass is 35.5. The van der Waals surface area contributed by atoms with E-state index in [1.807, 2.05) is 11.8 Å². The third-order valence-corrected chi connectivity index (χ3v) is 2.11. The summed E-state index contributed by atoms with van der Waals surface area (Å²) in [5, 5.41) is 10.1. The van der Waals surface area contributed by atoms with Crippen molar-refractivity contribution in [2.75, 3.05) is 18.0 Å². The van der Waals surface area contributed by atoms with Gasteiger partial charge in [0.05, 0.1) is 5.60 Å². The first-order valence-corrected chi connectivity index (χ1v) is 5.25. The molecule has 0 radical (unpaired) electrons. The van der Waals surface area contributed by atoms with Crippen LogP contribution in [0.1, 0.15) is 20.8 Å². The molecular formula is C10H16ClN3O. The van der Waals surface area contributed by atoms with Crippen LogP contribution in [-0.4, -0.2) is 33.8 Å². The highest BCUT2D eigenvalue weighted by Gasteiger charge is 2.18. The van der Waals surface area contributed by atoms with E-state index in [2.05, 4.69) is 9.97 Å². The predicted molar refractivity (Wildman–Crippen MR) is 61.2 cm³/mol. The SMILES string of the molecule is CCN(CC(C)(C)O)c1cc(Cl)ncn1. The van der Waals surface area contributed by atoms with Gasteiger partial charge in [-0.1, -0.05) is 11.6 Å². The minimum atomic E-state index is -0.757. The summed E-state index contributed by atoms with van der Waals surface area (Å²) in [5.74, 6) is 0.736. The average Bonchev–Trinajstić information content (AvgIpc) is 2.13. The van der Waals surface area contributed by atoms with Crippen molar-refractivity contribution < 1.29 is 5.11 Å². The number of aromatic nitrogens is 2. The van der Waals surface area contributed by atoms with Crippen molar-refractivity contribution in [2.24, 2.45) is 0 Å². The molecule has 0 unspecified atom stereocenters. The standard InChI is InChI=1S/C10H16ClN3O/c1-4-14(6-10(2,3)15)9-5-8(11)12-7-13-9/h5,7,15H,4,6H2,1-3H3. The Balaban J connectivity index is 2.83. The Labute approximate surface area is 94.9 Å². The summed E-state index contributed by atoms with van der Waals surface area (Å²) < 4.78 is 0. The lowest BCUT2D eigenvalue weighted by atomic mass is 10.1. The second-order valence-corrected chi connectivity index (χ2v) is 4.41. The number of likely N-dealkylation sites (N-methyl/N-ethyl adjacent to an activating group) is 1. The van der Waals surface area contributed by atoms with Crippen LogP contribution >= 0.6 is 11.6 Å². The minimum absolute atomic E-state index is 0.411. The molecule has 84 valence electrons. The number of anilines is 1. The quantitative estimate of drug-likeness (QED) is 0.799. The van der Waals surface area contributed by atoms with E-state index in [1.54, 1.807) is 19.9 Å². The summed E-state index contributed by atoms with van der Waals surface area (Å²) in [4.78, 5) is 9.88. The van der Waals surface area contributed by atoms with Crippen molar-refractivity contribution in [1.82, 2.24) is 9.97 Å². The third-order valence-electron chi connectivity index (χ3n) is 1.90. The maximum absolute atomic E-state index is 9.73. The van der Waals surface area contributed by atoms with E-state index in [4.69, 9.17) is 11.6 Å². The molecule has 0 bridgehead atoms. The zero-order valence-corrected chi connectivity index (χ0v) is 9.99. The molecule has 0 saturated carbocycles. The first-order chi connectivity index (χ1) is 6.92. The Kier molecular flexibility index (Phi) is 3.88. The van der Waals surface area contributed by atoms with Gasteiger partial charge in [-0.15, -0.1) is 0 Å². The van der Waals surface area contributed by atoms with Gasteiger partial charge in [0.1, 0.15) is 17.3 Å². The number of hydrogen-bond donors (Lipinski definition) is 1. The second kappa shape index (κ2) is 4.77. The van der Waals surface area contributed by atoms with Crippen LogP contribution in [0.4, 0.5) is 5.82 Å². The second-order valence-electron chi connectivity index (χ2n) is 4.03. The van der Waals surface area contributed by atoms with E-state index in [1.165, 1.54) is 6.33 Å². The van der Waals surface area contributed by atoms with E-state index in [0.717, 1.165) is 12.4 Å². The first-order valence-electron chi connectivity index (χ1n) is 4.87. The lowest BCUT2D eigenvalue weighted by Gasteiger charge is -2.28. The lowest BCUT2D eigenvalue weighted by Crippen LogP contribution is -2.39. The molecule has 0 aromatic carbocycles. The summed E-state index contributed by atoms with van der Waals surface area (Å²) in [5.41, 5.74) is -0.757. The smallest absolute Gasteiger partial charge is 0.134 e. The van der Waals surface area contributed by atoms with E-state index < -0.39 is 5.60 Å². The Morgan fingerprint density at radius 1 is 1.47 bits per heavy atom. The highest BCUT2D eigenvalue weighted by Crippen LogP contribution is 2.16. The van der Waals surface area contributed by atoms with Crippen LogP contribution in [0.15, 0.2) is 12.4 Å². The molecular weight excluding hydrogens is 214 g/mol. The van der Waals surface area contributed by atoms with Gasteiger partial charge < -0.3 is 10.0 Å². The number of rotatable bonds is 4. The fourth-order valence-corrected chi connectivity index (χ4v) is 1.46. The topological polar surface area (TPSA) is 49.2 Å². The van der Waals surface area contributed by atoms with Crippen molar-refractivity contribution >= 4 is 17.4 Å². The van der Waals surface area contributed by atoms with E-state index >= 15 is 0 Å². The molecule has 0 saturated heterocycles. The van der Waals surface area contributed by atoms with Crippen LogP contribution in [0.2, 0.25) is 5.15 Å². The molecule has 4 nitrogen and oxygen atoms in total. The van der Waals surface area contributed by atoms with Crippen LogP contribution < -0.4 is 4.90 Å². The molecule has 0 amide bonds. The number of hydrogen-bond acceptors (Lipinski definition) is 4. The molecule has 0 aliphatic rings. The van der Waals surface area contributed by atoms with Crippen LogP contribution in [0, 0.1) is 0 Å². The van der Waals surface area contributed by atoms with Crippen molar-refractivity contribution in [2.45, 2.75) is 26.4 Å². The molecule has 1 rings (SSSR count). The van der Waals surface area contributed by atoms with Crippen molar-refractivity contribution in [3.8, 4) is 0 Å². The Morgan fingerprint density at radius 3 is 2.60 bits per heavy atom. The summed E-state index contributed by atoms with van der Waals surface area (Å²) in [6.45, 7) is 6.80. The normalized spacial score (nSPS) is 11.5. The molecule has 1 heterocycles. The molecule has 15 heavy (non-hydrogen) atoms. The highest BCUT2D eigenvalue weighted by molar-refractivity contribution is 6.29. The van der Waals surface area contributed by atoms with Crippen LogP contribution in [0.5, 0.6) is 0 Å². The summed E-state index contributed by atoms with van der Waals surface area (Å²) in [6, 6.07) is 1.69. The maximum atomic E-state index is 9.73. The number of halogens is 1. The summed E-state index contributed by atoms with van der Waals surface area (Å²) >= 11 is 5.78. The van der Waals surface area contributed by atoms with Crippen LogP contribution in [0.25, 0.3) is 0 Å². The summed E-state index contributed by atoms with van der Waals surface area (Å²) in [6.07, 6.45) is 1.42. The van der Waals surface area contributed by atoms with Gasteiger partial charge in [-0.25, -0.2) is 9.97 Å². The van der Waals surface area contributed by atoms with Gasteiger partial charge in [0.2, 0.25) is 0 Å². The van der Waals surface area contributed by atoms with Crippen molar-refractivity contribution in [3.05, 3.63) is 17.5 Å². The van der Waals surface area contributed by atoms with Gasteiger partial charge in [0.25, 0.3) is 0 Å². The molecule has 1 N–H and O–H groups in total. The Morgan fingerprint density at radius 2 is 2.13 bits per heavy atom. The van der Waals surface area contributed by atoms with Crippen molar-refractivity contribution in [1.29, 1.82) is 0 Å². The van der Waals surface area contributed by atoms with Gasteiger partial charge in [-0.2, -0.15) is 0 Å². The van der Waals surface area contributed by atoms with Crippen LogP contribution in [-0.2, 0) is 0 Å². The molecule has 1 aromatic rings. The van der Waals surface area contributed by atoms with E-state index in [9.17, 15) is 5.11 Å². The minimum Gasteiger partial charge on any atom is -0.389 e. The average molecular weight is 230 g/mol. The molecule has 5 heteroatoms. The monoisotopic (exact) mass is 229 g/mol. The molecule has 0 aliphatic heterocycles. The molecule has 0 fully saturated rings. The first kappa shape index (κ1) is 12.2. The molecule has 0 spiro atoms. The van der Waals surface area contributed by atoms with E-state index in [0.29, 0.717) is 11.7 Å². The lowest BCUT2D eigenvalue weighted by molar-refractivity contribution is 0.0874. The molecule has 0 atom stereocenters. The zero-order chi connectivity index (χ0) is 11.5. The number of nitrogens with zero attached hydrogens (tertiary/aromatic N) is 3. The predicted octanol–water partition coefficient (Wildman–Crippen LogP) is 1.73. The van der Waals surface area contributed by atoms with Gasteiger partial charge >= 0.3 is 0 Å². The Hall–Kier alpha value is -0.870. The maximum Gasteiger partial charge on any atom is 0.134 e. The van der Waals surface area contributed by atoms with Gasteiger partial charge in [0, 0.05) is 19.2 Å². The van der Waals surface area contributed by atoms with E-state index in [-0.39, 0.29) is 0 Å². The van der Waals surface area contributed by atoms with Crippen molar-refractivity contribution in [3.63, 3.8) is 0 Å². The molecule has 0 aliphatic carbocycles. The van der Waals surface area contributed by atoms with Gasteiger partial charge in [-0.05, 0) is 20.8 Å². The largest absolute Gasteiger partial charge is 0.389 e. The number of aliphatic hydroxyl groups is 1. The summed E-state index contributed by atoms with van der Waals surface area (Å²) in [7, 11) is 0. The Bertz CT molecular complexity index is 325. The molecule has 1 aromatic heterocycles. The third kappa shape index (κ3) is 4.01. The fraction of sp³-hybridized carbons (Fsp3) is 0.600. The fourth-order valence-electron chi connectivity index (χ4n) is 1.32. The van der Waals surface area contributed by atoms with Gasteiger partial charge in [-0.3, -0.25) is 0 Å².